The van der Waals surface area contributed by atoms with Gasteiger partial charge in [0.05, 0.1) is 18.8 Å². The summed E-state index contributed by atoms with van der Waals surface area (Å²) in [7, 11) is 2.02. The lowest BCUT2D eigenvalue weighted by atomic mass is 10.1. The normalized spacial score (nSPS) is 16.2. The van der Waals surface area contributed by atoms with Gasteiger partial charge >= 0.3 is 6.03 Å². The molecule has 6 nitrogen and oxygen atoms in total. The first-order valence-corrected chi connectivity index (χ1v) is 10.5. The Balaban J connectivity index is 1.51. The lowest BCUT2D eigenvalue weighted by Crippen LogP contribution is -2.41. The molecule has 2 aromatic rings. The van der Waals surface area contributed by atoms with Gasteiger partial charge in [-0.3, -0.25) is 4.68 Å². The third-order valence-electron chi connectivity index (χ3n) is 5.96. The molecular formula is C22H30N4O2. The topological polar surface area (TPSA) is 59.4 Å². The van der Waals surface area contributed by atoms with Crippen molar-refractivity contribution in [2.45, 2.75) is 64.5 Å². The molecule has 0 atom stereocenters. The Morgan fingerprint density at radius 1 is 1.21 bits per heavy atom. The van der Waals surface area contributed by atoms with Crippen LogP contribution >= 0.6 is 0 Å². The fourth-order valence-corrected chi connectivity index (χ4v) is 4.57. The molecule has 2 aliphatic rings. The van der Waals surface area contributed by atoms with E-state index in [1.54, 1.807) is 0 Å². The molecule has 1 aromatic carbocycles. The molecule has 0 saturated heterocycles. The first-order valence-electron chi connectivity index (χ1n) is 10.5. The number of anilines is 1. The number of benzene rings is 1. The average molecular weight is 383 g/mol. The second-order valence-electron chi connectivity index (χ2n) is 7.80. The molecule has 0 aliphatic heterocycles. The van der Waals surface area contributed by atoms with Crippen LogP contribution in [0.15, 0.2) is 24.3 Å². The van der Waals surface area contributed by atoms with E-state index in [1.165, 1.54) is 30.5 Å². The molecule has 1 aromatic heterocycles. The van der Waals surface area contributed by atoms with Crippen LogP contribution in [0.25, 0.3) is 0 Å². The van der Waals surface area contributed by atoms with Gasteiger partial charge in [-0.15, -0.1) is 0 Å². The Morgan fingerprint density at radius 2 is 1.96 bits per heavy atom. The van der Waals surface area contributed by atoms with Crippen LogP contribution in [0.2, 0.25) is 0 Å². The number of aryl methyl sites for hydroxylation is 1. The van der Waals surface area contributed by atoms with Gasteiger partial charge in [-0.1, -0.05) is 12.8 Å². The summed E-state index contributed by atoms with van der Waals surface area (Å²) in [4.78, 5) is 15.2. The Kier molecular flexibility index (Phi) is 5.55. The third-order valence-corrected chi connectivity index (χ3v) is 5.96. The number of nitrogens with one attached hydrogen (secondary N) is 1. The van der Waals surface area contributed by atoms with Crippen LogP contribution < -0.4 is 10.1 Å². The van der Waals surface area contributed by atoms with Crippen LogP contribution in [-0.2, 0) is 26.4 Å². The Hall–Kier alpha value is -2.50. The number of fused-ring (bicyclic) bond motifs is 1. The largest absolute Gasteiger partial charge is 0.494 e. The summed E-state index contributed by atoms with van der Waals surface area (Å²) in [6, 6.07) is 7.84. The molecule has 150 valence electrons. The summed E-state index contributed by atoms with van der Waals surface area (Å²) in [6.07, 6.45) is 7.90. The van der Waals surface area contributed by atoms with Crippen LogP contribution in [0.4, 0.5) is 10.5 Å². The number of rotatable bonds is 6. The van der Waals surface area contributed by atoms with E-state index in [1.807, 2.05) is 47.8 Å². The van der Waals surface area contributed by atoms with E-state index in [0.29, 0.717) is 19.2 Å². The molecule has 0 bridgehead atoms. The van der Waals surface area contributed by atoms with Crippen molar-refractivity contribution >= 4 is 11.7 Å². The number of ether oxygens (including phenoxy) is 1. The van der Waals surface area contributed by atoms with E-state index in [2.05, 4.69) is 5.32 Å². The minimum atomic E-state index is -0.0338. The summed E-state index contributed by atoms with van der Waals surface area (Å²) in [5, 5.41) is 7.82. The number of carbonyl (C=O) groups is 1. The Bertz CT molecular complexity index is 822. The summed E-state index contributed by atoms with van der Waals surface area (Å²) in [6.45, 7) is 3.19. The van der Waals surface area contributed by atoms with Crippen LogP contribution in [-0.4, -0.2) is 33.4 Å². The summed E-state index contributed by atoms with van der Waals surface area (Å²) < 4.78 is 7.49. The molecule has 0 unspecified atom stereocenters. The van der Waals surface area contributed by atoms with Gasteiger partial charge in [-0.25, -0.2) is 4.79 Å². The summed E-state index contributed by atoms with van der Waals surface area (Å²) in [5.41, 5.74) is 4.57. The van der Waals surface area contributed by atoms with E-state index < -0.39 is 0 Å². The highest BCUT2D eigenvalue weighted by molar-refractivity contribution is 5.89. The van der Waals surface area contributed by atoms with Gasteiger partial charge in [-0.05, 0) is 68.9 Å². The van der Waals surface area contributed by atoms with Gasteiger partial charge in [0.1, 0.15) is 5.75 Å². The van der Waals surface area contributed by atoms with Crippen molar-refractivity contribution in [1.82, 2.24) is 14.7 Å². The second kappa shape index (κ2) is 8.25. The number of amides is 2. The highest BCUT2D eigenvalue weighted by atomic mass is 16.5. The first kappa shape index (κ1) is 18.8. The molecule has 1 saturated carbocycles. The number of hydrogen-bond donors (Lipinski definition) is 1. The lowest BCUT2D eigenvalue weighted by molar-refractivity contribution is 0.183. The molecule has 6 heteroatoms. The number of nitrogens with zero attached hydrogens (tertiary/aromatic N) is 3. The first-order chi connectivity index (χ1) is 13.7. The van der Waals surface area contributed by atoms with E-state index >= 15 is 0 Å². The number of urea groups is 1. The molecular weight excluding hydrogens is 352 g/mol. The zero-order valence-electron chi connectivity index (χ0n) is 16.9. The lowest BCUT2D eigenvalue weighted by Gasteiger charge is -2.29. The molecule has 2 aliphatic carbocycles. The molecule has 4 rings (SSSR count). The maximum Gasteiger partial charge on any atom is 0.322 e. The van der Waals surface area contributed by atoms with E-state index in [9.17, 15) is 4.79 Å². The van der Waals surface area contributed by atoms with Crippen LogP contribution in [0.1, 0.15) is 56.0 Å². The highest BCUT2D eigenvalue weighted by Gasteiger charge is 2.30. The fraction of sp³-hybridized carbons (Fsp3) is 0.545. The zero-order valence-corrected chi connectivity index (χ0v) is 16.9. The van der Waals surface area contributed by atoms with Gasteiger partial charge in [0.2, 0.25) is 0 Å². The number of carbonyl (C=O) groups excluding carboxylic acids is 1. The van der Waals surface area contributed by atoms with Gasteiger partial charge in [-0.2, -0.15) is 5.10 Å². The van der Waals surface area contributed by atoms with Gasteiger partial charge in [0.25, 0.3) is 0 Å². The van der Waals surface area contributed by atoms with Crippen LogP contribution in [0.5, 0.6) is 5.75 Å². The molecule has 2 amide bonds. The maximum atomic E-state index is 13.2. The summed E-state index contributed by atoms with van der Waals surface area (Å²) in [5.74, 6) is 0.817. The van der Waals surface area contributed by atoms with E-state index in [0.717, 1.165) is 42.8 Å². The smallest absolute Gasteiger partial charge is 0.322 e. The van der Waals surface area contributed by atoms with Crippen molar-refractivity contribution in [1.29, 1.82) is 0 Å². The van der Waals surface area contributed by atoms with Gasteiger partial charge in [0, 0.05) is 24.5 Å². The maximum absolute atomic E-state index is 13.2. The van der Waals surface area contributed by atoms with Crippen LogP contribution in [0.3, 0.4) is 0 Å². The quantitative estimate of drug-likeness (QED) is 0.811. The van der Waals surface area contributed by atoms with Crippen molar-refractivity contribution in [2.24, 2.45) is 7.05 Å². The van der Waals surface area contributed by atoms with Gasteiger partial charge < -0.3 is 15.0 Å². The molecule has 28 heavy (non-hydrogen) atoms. The van der Waals surface area contributed by atoms with Crippen molar-refractivity contribution in [2.75, 3.05) is 11.9 Å². The SMILES string of the molecule is CCOc1ccc(NC(=O)N(Cc2nn(C)c3c2CCC3)C2CCCC2)cc1. The minimum Gasteiger partial charge on any atom is -0.494 e. The predicted molar refractivity (Wildman–Crippen MR) is 110 cm³/mol. The minimum absolute atomic E-state index is 0.0338. The highest BCUT2D eigenvalue weighted by Crippen LogP contribution is 2.29. The molecule has 1 fully saturated rings. The van der Waals surface area contributed by atoms with Gasteiger partial charge in [0.15, 0.2) is 0 Å². The standard InChI is InChI=1S/C22H30N4O2/c1-3-28-18-13-11-16(12-14-18)23-22(27)26(17-7-4-5-8-17)15-20-19-9-6-10-21(19)25(2)24-20/h11-14,17H,3-10,15H2,1-2H3,(H,23,27). The molecule has 1 heterocycles. The van der Waals surface area contributed by atoms with E-state index in [4.69, 9.17) is 9.84 Å². The third kappa shape index (κ3) is 3.86. The zero-order chi connectivity index (χ0) is 19.5. The monoisotopic (exact) mass is 382 g/mol. The Morgan fingerprint density at radius 3 is 2.68 bits per heavy atom. The molecule has 0 spiro atoms. The van der Waals surface area contributed by atoms with Crippen molar-refractivity contribution < 1.29 is 9.53 Å². The van der Waals surface area contributed by atoms with E-state index in [-0.39, 0.29) is 6.03 Å². The van der Waals surface area contributed by atoms with Crippen molar-refractivity contribution in [3.05, 3.63) is 41.2 Å². The number of hydrogen-bond acceptors (Lipinski definition) is 3. The predicted octanol–water partition coefficient (Wildman–Crippen LogP) is 4.28. The average Bonchev–Trinajstić information content (AvgIpc) is 3.42. The number of aromatic nitrogens is 2. The fourth-order valence-electron chi connectivity index (χ4n) is 4.57. The molecule has 1 N–H and O–H groups in total. The summed E-state index contributed by atoms with van der Waals surface area (Å²) >= 11 is 0. The second-order valence-corrected chi connectivity index (χ2v) is 7.80. The Labute approximate surface area is 166 Å². The molecule has 0 radical (unpaired) electrons. The van der Waals surface area contributed by atoms with Crippen molar-refractivity contribution in [3.63, 3.8) is 0 Å². The van der Waals surface area contributed by atoms with Crippen molar-refractivity contribution in [3.8, 4) is 5.75 Å². The van der Waals surface area contributed by atoms with Crippen LogP contribution in [0, 0.1) is 0 Å².